The van der Waals surface area contributed by atoms with Crippen molar-refractivity contribution in [2.45, 2.75) is 11.5 Å². The molecule has 0 amide bonds. The number of benzene rings is 1. The summed E-state index contributed by atoms with van der Waals surface area (Å²) in [6, 6.07) is 3.66. The summed E-state index contributed by atoms with van der Waals surface area (Å²) in [5.41, 5.74) is 0.794. The van der Waals surface area contributed by atoms with Crippen LogP contribution in [0.4, 0.5) is 0 Å². The zero-order valence-electron chi connectivity index (χ0n) is 11.8. The molecule has 2 rings (SSSR count). The molecule has 2 atom stereocenters. The highest BCUT2D eigenvalue weighted by Gasteiger charge is 2.29. The Kier molecular flexibility index (Phi) is 5.34. The van der Waals surface area contributed by atoms with Gasteiger partial charge in [-0.1, -0.05) is 0 Å². The first-order valence-electron chi connectivity index (χ1n) is 6.35. The summed E-state index contributed by atoms with van der Waals surface area (Å²) in [5.74, 6) is 1.67. The van der Waals surface area contributed by atoms with Gasteiger partial charge in [-0.15, -0.1) is 11.6 Å². The molecule has 112 valence electrons. The van der Waals surface area contributed by atoms with E-state index in [1.807, 2.05) is 6.07 Å². The molecule has 20 heavy (non-hydrogen) atoms. The number of halogens is 1. The molecule has 1 aromatic carbocycles. The lowest BCUT2D eigenvalue weighted by Crippen LogP contribution is -2.32. The maximum atomic E-state index is 6.51. The summed E-state index contributed by atoms with van der Waals surface area (Å²) < 4.78 is 27.1. The van der Waals surface area contributed by atoms with E-state index in [9.17, 15) is 0 Å². The molecular formula is C14H19ClO5. The molecule has 0 bridgehead atoms. The molecule has 5 nitrogen and oxygen atoms in total. The average Bonchev–Trinajstić information content (AvgIpc) is 2.53. The number of ether oxygens (including phenoxy) is 5. The Hall–Kier alpha value is -1.17. The van der Waals surface area contributed by atoms with E-state index >= 15 is 0 Å². The fourth-order valence-corrected chi connectivity index (χ4v) is 2.53. The van der Waals surface area contributed by atoms with Gasteiger partial charge >= 0.3 is 0 Å². The Labute approximate surface area is 123 Å². The van der Waals surface area contributed by atoms with Gasteiger partial charge in [-0.2, -0.15) is 0 Å². The first-order valence-corrected chi connectivity index (χ1v) is 6.78. The molecule has 0 saturated carbocycles. The minimum absolute atomic E-state index is 0.211. The van der Waals surface area contributed by atoms with Crippen LogP contribution in [-0.4, -0.2) is 47.3 Å². The summed E-state index contributed by atoms with van der Waals surface area (Å²) in [5, 5.41) is -0.384. The van der Waals surface area contributed by atoms with Crippen LogP contribution in [0.2, 0.25) is 0 Å². The van der Waals surface area contributed by atoms with Gasteiger partial charge in [-0.05, 0) is 12.1 Å². The van der Waals surface area contributed by atoms with Crippen LogP contribution in [0.5, 0.6) is 17.2 Å². The summed E-state index contributed by atoms with van der Waals surface area (Å²) in [4.78, 5) is 0. The van der Waals surface area contributed by atoms with Crippen LogP contribution in [-0.2, 0) is 9.47 Å². The molecule has 1 heterocycles. The topological polar surface area (TPSA) is 46.2 Å². The predicted molar refractivity (Wildman–Crippen MR) is 75.3 cm³/mol. The largest absolute Gasteiger partial charge is 0.493 e. The van der Waals surface area contributed by atoms with Crippen molar-refractivity contribution in [3.05, 3.63) is 17.7 Å². The summed E-state index contributed by atoms with van der Waals surface area (Å²) in [6.45, 7) is 1.61. The zero-order valence-corrected chi connectivity index (χ0v) is 12.6. The molecule has 2 unspecified atom stereocenters. The molecule has 1 aromatic rings. The number of hydrogen-bond acceptors (Lipinski definition) is 5. The lowest BCUT2D eigenvalue weighted by Gasteiger charge is -2.28. The van der Waals surface area contributed by atoms with Gasteiger partial charge in [-0.3, -0.25) is 0 Å². The lowest BCUT2D eigenvalue weighted by atomic mass is 10.0. The fraction of sp³-hybridized carbons (Fsp3) is 0.571. The Balaban J connectivity index is 2.34. The highest BCUT2D eigenvalue weighted by atomic mass is 35.5. The molecule has 0 aliphatic carbocycles. The smallest absolute Gasteiger partial charge is 0.203 e. The van der Waals surface area contributed by atoms with E-state index in [1.165, 1.54) is 0 Å². The van der Waals surface area contributed by atoms with Gasteiger partial charge in [0.05, 0.1) is 46.5 Å². The number of hydrogen-bond donors (Lipinski definition) is 0. The molecule has 0 spiro atoms. The van der Waals surface area contributed by atoms with Crippen LogP contribution in [0.25, 0.3) is 0 Å². The lowest BCUT2D eigenvalue weighted by molar-refractivity contribution is -0.0893. The molecule has 0 N–H and O–H groups in total. The van der Waals surface area contributed by atoms with Crippen LogP contribution >= 0.6 is 11.6 Å². The van der Waals surface area contributed by atoms with Crippen LogP contribution in [0.15, 0.2) is 12.1 Å². The summed E-state index contributed by atoms with van der Waals surface area (Å²) in [7, 11) is 4.71. The van der Waals surface area contributed by atoms with Gasteiger partial charge in [0.15, 0.2) is 11.5 Å². The van der Waals surface area contributed by atoms with Gasteiger partial charge in [0.1, 0.15) is 6.10 Å². The highest BCUT2D eigenvalue weighted by molar-refractivity contribution is 6.21. The Morgan fingerprint density at radius 3 is 2.40 bits per heavy atom. The van der Waals surface area contributed by atoms with Crippen molar-refractivity contribution in [3.63, 3.8) is 0 Å². The van der Waals surface area contributed by atoms with E-state index in [-0.39, 0.29) is 11.5 Å². The van der Waals surface area contributed by atoms with E-state index in [1.54, 1.807) is 27.4 Å². The van der Waals surface area contributed by atoms with Crippen molar-refractivity contribution in [3.8, 4) is 17.2 Å². The van der Waals surface area contributed by atoms with Crippen molar-refractivity contribution in [2.75, 3.05) is 41.2 Å². The molecule has 0 radical (unpaired) electrons. The molecule has 6 heteroatoms. The van der Waals surface area contributed by atoms with Gasteiger partial charge in [-0.25, -0.2) is 0 Å². The highest BCUT2D eigenvalue weighted by Crippen LogP contribution is 2.44. The first-order chi connectivity index (χ1) is 9.72. The van der Waals surface area contributed by atoms with E-state index in [0.29, 0.717) is 37.1 Å². The minimum atomic E-state index is -0.384. The monoisotopic (exact) mass is 302 g/mol. The van der Waals surface area contributed by atoms with Gasteiger partial charge < -0.3 is 23.7 Å². The van der Waals surface area contributed by atoms with E-state index in [0.717, 1.165) is 5.56 Å². The zero-order chi connectivity index (χ0) is 14.5. The van der Waals surface area contributed by atoms with Crippen molar-refractivity contribution in [1.82, 2.24) is 0 Å². The number of alkyl halides is 1. The van der Waals surface area contributed by atoms with Crippen LogP contribution in [0.3, 0.4) is 0 Å². The van der Waals surface area contributed by atoms with Crippen molar-refractivity contribution >= 4 is 11.6 Å². The molecule has 1 fully saturated rings. The van der Waals surface area contributed by atoms with Gasteiger partial charge in [0.2, 0.25) is 5.75 Å². The van der Waals surface area contributed by atoms with Crippen molar-refractivity contribution in [1.29, 1.82) is 0 Å². The van der Waals surface area contributed by atoms with Crippen LogP contribution in [0, 0.1) is 0 Å². The summed E-state index contributed by atoms with van der Waals surface area (Å²) in [6.07, 6.45) is -0.211. The SMILES string of the molecule is COc1ccc(C(Cl)C2COCCO2)c(OC)c1OC. The van der Waals surface area contributed by atoms with Crippen molar-refractivity contribution in [2.24, 2.45) is 0 Å². The van der Waals surface area contributed by atoms with E-state index in [4.69, 9.17) is 35.3 Å². The fourth-order valence-electron chi connectivity index (χ4n) is 2.22. The Bertz CT molecular complexity index is 445. The maximum Gasteiger partial charge on any atom is 0.203 e. The third kappa shape index (κ3) is 2.95. The van der Waals surface area contributed by atoms with Gasteiger partial charge in [0, 0.05) is 5.56 Å². The number of rotatable bonds is 5. The van der Waals surface area contributed by atoms with Gasteiger partial charge in [0.25, 0.3) is 0 Å². The third-order valence-corrected chi connectivity index (χ3v) is 3.72. The summed E-state index contributed by atoms with van der Waals surface area (Å²) >= 11 is 6.51. The molecule has 1 aliphatic heterocycles. The Morgan fingerprint density at radius 1 is 1.10 bits per heavy atom. The molecule has 1 saturated heterocycles. The quantitative estimate of drug-likeness (QED) is 0.782. The van der Waals surface area contributed by atoms with Crippen LogP contribution in [0.1, 0.15) is 10.9 Å². The standard InChI is InChI=1S/C14H19ClO5/c1-16-10-5-4-9(13(17-2)14(10)18-3)12(15)11-8-19-6-7-20-11/h4-5,11-12H,6-8H2,1-3H3. The predicted octanol–water partition coefficient (Wildman–Crippen LogP) is 2.41. The second-order valence-electron chi connectivity index (χ2n) is 4.31. The first kappa shape index (κ1) is 15.2. The normalized spacial score (nSPS) is 20.3. The number of methoxy groups -OCH3 is 3. The van der Waals surface area contributed by atoms with E-state index in [2.05, 4.69) is 0 Å². The van der Waals surface area contributed by atoms with Crippen molar-refractivity contribution < 1.29 is 23.7 Å². The molecular weight excluding hydrogens is 284 g/mol. The molecule has 0 aromatic heterocycles. The average molecular weight is 303 g/mol. The van der Waals surface area contributed by atoms with Crippen LogP contribution < -0.4 is 14.2 Å². The second kappa shape index (κ2) is 7.02. The second-order valence-corrected chi connectivity index (χ2v) is 4.78. The van der Waals surface area contributed by atoms with E-state index < -0.39 is 0 Å². The molecule has 1 aliphatic rings. The maximum absolute atomic E-state index is 6.51. The minimum Gasteiger partial charge on any atom is -0.493 e. The Morgan fingerprint density at radius 2 is 1.85 bits per heavy atom. The third-order valence-electron chi connectivity index (χ3n) is 3.20.